The van der Waals surface area contributed by atoms with E-state index in [0.29, 0.717) is 6.04 Å². The molecule has 2 heteroatoms. The van der Waals surface area contributed by atoms with E-state index in [4.69, 9.17) is 11.6 Å². The minimum atomic E-state index is 0.299. The summed E-state index contributed by atoms with van der Waals surface area (Å²) in [6.45, 7) is 2.06. The van der Waals surface area contributed by atoms with Crippen LogP contribution in [0.1, 0.15) is 29.2 Å². The number of nitrogens with one attached hydrogen (secondary N) is 1. The van der Waals surface area contributed by atoms with E-state index in [-0.39, 0.29) is 0 Å². The van der Waals surface area contributed by atoms with Crippen molar-refractivity contribution >= 4 is 11.6 Å². The average Bonchev–Trinajstić information content (AvgIpc) is 2.42. The second-order valence-electron chi connectivity index (χ2n) is 4.89. The summed E-state index contributed by atoms with van der Waals surface area (Å²) in [5, 5.41) is 4.22. The highest BCUT2D eigenvalue weighted by Gasteiger charge is 2.12. The maximum absolute atomic E-state index is 6.34. The molecule has 1 atom stereocenters. The molecule has 2 aromatic rings. The number of rotatable bonds is 5. The standard InChI is InChI=1S/C17H20ClN/c1-13-8-10-15(16(18)12-13)17(19-2)11-9-14-6-4-3-5-7-14/h3-8,10,12,17,19H,9,11H2,1-2H3. The molecule has 1 N–H and O–H groups in total. The number of aryl methyl sites for hydroxylation is 2. The summed E-state index contributed by atoms with van der Waals surface area (Å²) in [5.74, 6) is 0. The third-order valence-corrected chi connectivity index (χ3v) is 3.77. The molecule has 0 aliphatic heterocycles. The van der Waals surface area contributed by atoms with Crippen molar-refractivity contribution < 1.29 is 0 Å². The van der Waals surface area contributed by atoms with Crippen molar-refractivity contribution in [3.05, 3.63) is 70.2 Å². The molecule has 0 aromatic heterocycles. The van der Waals surface area contributed by atoms with E-state index in [9.17, 15) is 0 Å². The lowest BCUT2D eigenvalue weighted by Gasteiger charge is -2.18. The second-order valence-corrected chi connectivity index (χ2v) is 5.30. The monoisotopic (exact) mass is 273 g/mol. The third-order valence-electron chi connectivity index (χ3n) is 3.44. The highest BCUT2D eigenvalue weighted by Crippen LogP contribution is 2.27. The van der Waals surface area contributed by atoms with Gasteiger partial charge in [0.15, 0.2) is 0 Å². The van der Waals surface area contributed by atoms with Gasteiger partial charge in [0.25, 0.3) is 0 Å². The maximum atomic E-state index is 6.34. The Balaban J connectivity index is 2.08. The van der Waals surface area contributed by atoms with Crippen molar-refractivity contribution in [3.8, 4) is 0 Å². The Morgan fingerprint density at radius 1 is 1.11 bits per heavy atom. The van der Waals surface area contributed by atoms with Crippen LogP contribution in [0.4, 0.5) is 0 Å². The average molecular weight is 274 g/mol. The van der Waals surface area contributed by atoms with E-state index in [0.717, 1.165) is 17.9 Å². The third kappa shape index (κ3) is 3.82. The Kier molecular flexibility index (Phi) is 5.00. The lowest BCUT2D eigenvalue weighted by atomic mass is 9.98. The summed E-state index contributed by atoms with van der Waals surface area (Å²) in [4.78, 5) is 0. The summed E-state index contributed by atoms with van der Waals surface area (Å²) in [6, 6.07) is 17.1. The first-order chi connectivity index (χ1) is 9.20. The molecule has 0 aliphatic carbocycles. The molecule has 19 heavy (non-hydrogen) atoms. The van der Waals surface area contributed by atoms with Gasteiger partial charge in [-0.2, -0.15) is 0 Å². The van der Waals surface area contributed by atoms with Crippen LogP contribution in [0, 0.1) is 6.92 Å². The van der Waals surface area contributed by atoms with Gasteiger partial charge < -0.3 is 5.32 Å². The Hall–Kier alpha value is -1.31. The molecule has 0 spiro atoms. The van der Waals surface area contributed by atoms with Crippen LogP contribution in [0.5, 0.6) is 0 Å². The second kappa shape index (κ2) is 6.74. The minimum absolute atomic E-state index is 0.299. The molecular weight excluding hydrogens is 254 g/mol. The zero-order valence-electron chi connectivity index (χ0n) is 11.5. The van der Waals surface area contributed by atoms with Gasteiger partial charge in [0.05, 0.1) is 0 Å². The molecule has 0 radical (unpaired) electrons. The Morgan fingerprint density at radius 2 is 1.84 bits per heavy atom. The molecule has 2 aromatic carbocycles. The maximum Gasteiger partial charge on any atom is 0.0456 e. The van der Waals surface area contributed by atoms with Gasteiger partial charge in [-0.15, -0.1) is 0 Å². The quantitative estimate of drug-likeness (QED) is 0.843. The first-order valence-electron chi connectivity index (χ1n) is 6.68. The summed E-state index contributed by atoms with van der Waals surface area (Å²) in [6.07, 6.45) is 2.10. The molecule has 0 fully saturated rings. The Bertz CT molecular complexity index is 522. The van der Waals surface area contributed by atoms with E-state index in [1.165, 1.54) is 16.7 Å². The molecule has 1 unspecified atom stereocenters. The van der Waals surface area contributed by atoms with Crippen LogP contribution >= 0.6 is 11.6 Å². The van der Waals surface area contributed by atoms with Crippen molar-refractivity contribution in [3.63, 3.8) is 0 Å². The molecule has 0 bridgehead atoms. The van der Waals surface area contributed by atoms with Gasteiger partial charge in [-0.1, -0.05) is 54.1 Å². The van der Waals surface area contributed by atoms with Crippen LogP contribution in [0.3, 0.4) is 0 Å². The lowest BCUT2D eigenvalue weighted by molar-refractivity contribution is 0.549. The van der Waals surface area contributed by atoms with Crippen LogP contribution in [0.15, 0.2) is 48.5 Å². The molecule has 2 rings (SSSR count). The van der Waals surface area contributed by atoms with Gasteiger partial charge in [-0.3, -0.25) is 0 Å². The number of benzene rings is 2. The zero-order chi connectivity index (χ0) is 13.7. The zero-order valence-corrected chi connectivity index (χ0v) is 12.2. The van der Waals surface area contributed by atoms with Crippen molar-refractivity contribution in [2.24, 2.45) is 0 Å². The van der Waals surface area contributed by atoms with Crippen LogP contribution in [0.25, 0.3) is 0 Å². The van der Waals surface area contributed by atoms with E-state index in [2.05, 4.69) is 54.7 Å². The van der Waals surface area contributed by atoms with Crippen LogP contribution in [-0.2, 0) is 6.42 Å². The van der Waals surface area contributed by atoms with E-state index in [1.807, 2.05) is 13.1 Å². The van der Waals surface area contributed by atoms with Crippen LogP contribution in [-0.4, -0.2) is 7.05 Å². The van der Waals surface area contributed by atoms with Gasteiger partial charge in [-0.25, -0.2) is 0 Å². The fourth-order valence-electron chi connectivity index (χ4n) is 2.33. The molecule has 0 amide bonds. The molecule has 1 nitrogen and oxygen atoms in total. The SMILES string of the molecule is CNC(CCc1ccccc1)c1ccc(C)cc1Cl. The van der Waals surface area contributed by atoms with E-state index in [1.54, 1.807) is 0 Å². The van der Waals surface area contributed by atoms with Crippen molar-refractivity contribution in [2.75, 3.05) is 7.05 Å². The molecule has 0 aliphatic rings. The predicted molar refractivity (Wildman–Crippen MR) is 82.8 cm³/mol. The van der Waals surface area contributed by atoms with Crippen LogP contribution < -0.4 is 5.32 Å². The van der Waals surface area contributed by atoms with Gasteiger partial charge >= 0.3 is 0 Å². The lowest BCUT2D eigenvalue weighted by Crippen LogP contribution is -2.17. The van der Waals surface area contributed by atoms with Crippen molar-refractivity contribution in [1.82, 2.24) is 5.32 Å². The molecule has 100 valence electrons. The Morgan fingerprint density at radius 3 is 2.47 bits per heavy atom. The van der Waals surface area contributed by atoms with Crippen LogP contribution in [0.2, 0.25) is 5.02 Å². The fourth-order valence-corrected chi connectivity index (χ4v) is 2.69. The van der Waals surface area contributed by atoms with Gasteiger partial charge in [0.1, 0.15) is 0 Å². The summed E-state index contributed by atoms with van der Waals surface area (Å²) in [5.41, 5.74) is 3.75. The first kappa shape index (κ1) is 14.1. The van der Waals surface area contributed by atoms with E-state index >= 15 is 0 Å². The molecule has 0 heterocycles. The van der Waals surface area contributed by atoms with Gasteiger partial charge in [-0.05, 0) is 49.6 Å². The predicted octanol–water partition coefficient (Wildman–Crippen LogP) is 4.54. The topological polar surface area (TPSA) is 12.0 Å². The first-order valence-corrected chi connectivity index (χ1v) is 7.05. The van der Waals surface area contributed by atoms with E-state index < -0.39 is 0 Å². The fraction of sp³-hybridized carbons (Fsp3) is 0.294. The molecule has 0 saturated carbocycles. The summed E-state index contributed by atoms with van der Waals surface area (Å²) < 4.78 is 0. The highest BCUT2D eigenvalue weighted by atomic mass is 35.5. The van der Waals surface area contributed by atoms with Crippen molar-refractivity contribution in [1.29, 1.82) is 0 Å². The van der Waals surface area contributed by atoms with Gasteiger partial charge in [0.2, 0.25) is 0 Å². The summed E-state index contributed by atoms with van der Waals surface area (Å²) >= 11 is 6.34. The molecule has 0 saturated heterocycles. The minimum Gasteiger partial charge on any atom is -0.313 e. The highest BCUT2D eigenvalue weighted by molar-refractivity contribution is 6.31. The normalized spacial score (nSPS) is 12.4. The largest absolute Gasteiger partial charge is 0.313 e. The smallest absolute Gasteiger partial charge is 0.0456 e. The summed E-state index contributed by atoms with van der Waals surface area (Å²) in [7, 11) is 1.99. The van der Waals surface area contributed by atoms with Crippen molar-refractivity contribution in [2.45, 2.75) is 25.8 Å². The Labute approximate surface area is 120 Å². The number of hydrogen-bond acceptors (Lipinski definition) is 1. The van der Waals surface area contributed by atoms with Gasteiger partial charge in [0, 0.05) is 11.1 Å². The number of halogens is 1. The number of hydrogen-bond donors (Lipinski definition) is 1. The molecular formula is C17H20ClN.